The maximum atomic E-state index is 5.03. The zero-order valence-corrected chi connectivity index (χ0v) is 28.2. The van der Waals surface area contributed by atoms with Crippen LogP contribution in [0.5, 0.6) is 0 Å². The highest BCUT2D eigenvalue weighted by Gasteiger charge is 2.25. The van der Waals surface area contributed by atoms with Crippen LogP contribution in [0.25, 0.3) is 101 Å². The second-order valence-corrected chi connectivity index (χ2v) is 13.2. The van der Waals surface area contributed by atoms with Gasteiger partial charge in [-0.25, -0.2) is 15.0 Å². The second-order valence-electron chi connectivity index (χ2n) is 13.2. The number of rotatable bonds is 6. The molecule has 0 aliphatic heterocycles. The van der Waals surface area contributed by atoms with E-state index in [0.29, 0.717) is 17.5 Å². The molecule has 0 atom stereocenters. The zero-order chi connectivity index (χ0) is 34.4. The molecule has 242 valence electrons. The van der Waals surface area contributed by atoms with Gasteiger partial charge in [-0.05, 0) is 78.5 Å². The Kier molecular flexibility index (Phi) is 7.14. The highest BCUT2D eigenvalue weighted by Crippen LogP contribution is 2.52. The van der Waals surface area contributed by atoms with Gasteiger partial charge in [-0.15, -0.1) is 0 Å². The molecule has 0 saturated carbocycles. The van der Waals surface area contributed by atoms with Gasteiger partial charge in [0.15, 0.2) is 17.5 Å². The molecule has 1 heterocycles. The first-order chi connectivity index (χ1) is 25.8. The molecule has 52 heavy (non-hydrogen) atoms. The average molecular weight is 662 g/mol. The lowest BCUT2D eigenvalue weighted by molar-refractivity contribution is 1.07. The minimum absolute atomic E-state index is 0.646. The van der Waals surface area contributed by atoms with E-state index in [9.17, 15) is 0 Å². The van der Waals surface area contributed by atoms with Gasteiger partial charge in [0.1, 0.15) is 0 Å². The van der Waals surface area contributed by atoms with E-state index in [1.165, 1.54) is 55.3 Å². The third-order valence-electron chi connectivity index (χ3n) is 10.1. The van der Waals surface area contributed by atoms with Crippen LogP contribution in [0.1, 0.15) is 0 Å². The lowest BCUT2D eigenvalue weighted by Crippen LogP contribution is -2.01. The zero-order valence-electron chi connectivity index (χ0n) is 28.2. The van der Waals surface area contributed by atoms with E-state index < -0.39 is 0 Å². The van der Waals surface area contributed by atoms with Crippen molar-refractivity contribution >= 4 is 10.8 Å². The van der Waals surface area contributed by atoms with Crippen molar-refractivity contribution in [3.8, 4) is 89.8 Å². The number of aromatic nitrogens is 3. The predicted molar refractivity (Wildman–Crippen MR) is 214 cm³/mol. The van der Waals surface area contributed by atoms with E-state index >= 15 is 0 Å². The van der Waals surface area contributed by atoms with Crippen molar-refractivity contribution in [3.05, 3.63) is 188 Å². The minimum Gasteiger partial charge on any atom is -0.208 e. The summed E-state index contributed by atoms with van der Waals surface area (Å²) < 4.78 is 0. The van der Waals surface area contributed by atoms with E-state index in [1.807, 2.05) is 60.7 Å². The average Bonchev–Trinajstić information content (AvgIpc) is 3.56. The van der Waals surface area contributed by atoms with Gasteiger partial charge in [-0.3, -0.25) is 0 Å². The van der Waals surface area contributed by atoms with E-state index in [-0.39, 0.29) is 0 Å². The molecule has 0 fully saturated rings. The van der Waals surface area contributed by atoms with Crippen molar-refractivity contribution in [3.63, 3.8) is 0 Å². The molecular formula is C49H31N3. The van der Waals surface area contributed by atoms with E-state index in [0.717, 1.165) is 27.8 Å². The summed E-state index contributed by atoms with van der Waals surface area (Å²) in [6, 6.07) is 66.4. The summed E-state index contributed by atoms with van der Waals surface area (Å²) in [5, 5.41) is 2.62. The highest BCUT2D eigenvalue weighted by molar-refractivity contribution is 6.18. The molecule has 1 aliphatic rings. The van der Waals surface area contributed by atoms with Gasteiger partial charge >= 0.3 is 0 Å². The van der Waals surface area contributed by atoms with Gasteiger partial charge in [0, 0.05) is 16.7 Å². The maximum Gasteiger partial charge on any atom is 0.164 e. The van der Waals surface area contributed by atoms with E-state index in [1.54, 1.807) is 0 Å². The summed E-state index contributed by atoms with van der Waals surface area (Å²) in [7, 11) is 0. The predicted octanol–water partition coefficient (Wildman–Crippen LogP) is 12.7. The van der Waals surface area contributed by atoms with Crippen molar-refractivity contribution in [1.82, 2.24) is 15.0 Å². The molecule has 3 heteroatoms. The number of benzene rings is 8. The lowest BCUT2D eigenvalue weighted by atomic mass is 9.89. The van der Waals surface area contributed by atoms with Crippen molar-refractivity contribution in [2.24, 2.45) is 0 Å². The van der Waals surface area contributed by atoms with Gasteiger partial charge in [0.25, 0.3) is 0 Å². The molecule has 0 amide bonds. The van der Waals surface area contributed by atoms with E-state index in [2.05, 4.69) is 127 Å². The topological polar surface area (TPSA) is 38.7 Å². The number of nitrogens with zero attached hydrogens (tertiary/aromatic N) is 3. The van der Waals surface area contributed by atoms with E-state index in [4.69, 9.17) is 15.0 Å². The molecule has 0 saturated heterocycles. The van der Waals surface area contributed by atoms with Crippen LogP contribution >= 0.6 is 0 Å². The monoisotopic (exact) mass is 661 g/mol. The fraction of sp³-hybridized carbons (Fsp3) is 0. The molecule has 0 spiro atoms. The van der Waals surface area contributed by atoms with Crippen molar-refractivity contribution in [2.75, 3.05) is 0 Å². The quantitative estimate of drug-likeness (QED) is 0.178. The third-order valence-corrected chi connectivity index (χ3v) is 10.1. The highest BCUT2D eigenvalue weighted by atomic mass is 15.0. The third kappa shape index (κ3) is 5.10. The van der Waals surface area contributed by atoms with Crippen molar-refractivity contribution < 1.29 is 0 Å². The van der Waals surface area contributed by atoms with Crippen LogP contribution in [0, 0.1) is 0 Å². The van der Waals surface area contributed by atoms with Crippen LogP contribution in [-0.4, -0.2) is 15.0 Å². The van der Waals surface area contributed by atoms with Crippen LogP contribution in [0.15, 0.2) is 188 Å². The fourth-order valence-electron chi connectivity index (χ4n) is 7.63. The largest absolute Gasteiger partial charge is 0.208 e. The first-order valence-corrected chi connectivity index (χ1v) is 17.6. The summed E-state index contributed by atoms with van der Waals surface area (Å²) in [5.41, 5.74) is 15.1. The summed E-state index contributed by atoms with van der Waals surface area (Å²) >= 11 is 0. The smallest absolute Gasteiger partial charge is 0.164 e. The molecule has 1 aromatic heterocycles. The summed E-state index contributed by atoms with van der Waals surface area (Å²) in [6.45, 7) is 0. The van der Waals surface area contributed by atoms with Gasteiger partial charge in [0.05, 0.1) is 0 Å². The van der Waals surface area contributed by atoms with Crippen LogP contribution in [0.4, 0.5) is 0 Å². The van der Waals surface area contributed by atoms with Crippen molar-refractivity contribution in [2.45, 2.75) is 0 Å². The maximum absolute atomic E-state index is 5.03. The number of fused-ring (bicyclic) bond motifs is 3. The molecule has 3 nitrogen and oxygen atoms in total. The Bertz CT molecular complexity index is 2690. The molecule has 0 unspecified atom stereocenters. The van der Waals surface area contributed by atoms with Gasteiger partial charge in [-0.2, -0.15) is 0 Å². The van der Waals surface area contributed by atoms with Crippen LogP contribution < -0.4 is 0 Å². The fourth-order valence-corrected chi connectivity index (χ4v) is 7.63. The molecule has 10 rings (SSSR count). The minimum atomic E-state index is 0.646. The van der Waals surface area contributed by atoms with Crippen LogP contribution in [0.3, 0.4) is 0 Å². The van der Waals surface area contributed by atoms with Crippen LogP contribution in [0.2, 0.25) is 0 Å². The normalized spacial score (nSPS) is 11.5. The summed E-state index contributed by atoms with van der Waals surface area (Å²) in [5.74, 6) is 1.95. The van der Waals surface area contributed by atoms with Gasteiger partial charge < -0.3 is 0 Å². The molecule has 8 aromatic carbocycles. The Balaban J connectivity index is 1.09. The molecule has 0 bridgehead atoms. The molecular weight excluding hydrogens is 631 g/mol. The molecule has 0 N–H and O–H groups in total. The summed E-state index contributed by atoms with van der Waals surface area (Å²) in [6.07, 6.45) is 0. The molecule has 0 radical (unpaired) electrons. The Morgan fingerprint density at radius 3 is 1.35 bits per heavy atom. The van der Waals surface area contributed by atoms with Crippen molar-refractivity contribution in [1.29, 1.82) is 0 Å². The number of hydrogen-bond acceptors (Lipinski definition) is 3. The second kappa shape index (κ2) is 12.4. The molecule has 9 aromatic rings. The number of hydrogen-bond donors (Lipinski definition) is 0. The lowest BCUT2D eigenvalue weighted by Gasteiger charge is -2.15. The standard InChI is InChI=1S/C49H31N3/c1-4-14-33(15-5-1)43-30-38(31-44-40-24-12-20-35-21-13-25-42(45(35)40)46(43)44)32-26-28-34(29-27-32)39-22-10-11-23-41(39)49-51-47(36-16-6-2-7-17-36)50-48(52-49)37-18-8-3-9-19-37/h1-31H. The molecule has 1 aliphatic carbocycles. The SMILES string of the molecule is c1ccc(-c2nc(-c3ccccc3)nc(-c3ccccc3-c3ccc(-c4cc(-c5ccccc5)c5c(c4)-c4cccc6cccc-5c46)cc3)n2)cc1. The Hall–Kier alpha value is -6.97. The Labute approximate surface area is 302 Å². The van der Waals surface area contributed by atoms with Gasteiger partial charge in [0.2, 0.25) is 0 Å². The Morgan fingerprint density at radius 2 is 0.712 bits per heavy atom. The van der Waals surface area contributed by atoms with Gasteiger partial charge in [-0.1, -0.05) is 176 Å². The Morgan fingerprint density at radius 1 is 0.250 bits per heavy atom. The first-order valence-electron chi connectivity index (χ1n) is 17.6. The first kappa shape index (κ1) is 29.9. The summed E-state index contributed by atoms with van der Waals surface area (Å²) in [4.78, 5) is 15.0. The van der Waals surface area contributed by atoms with Crippen LogP contribution in [-0.2, 0) is 0 Å².